The van der Waals surface area contributed by atoms with Crippen LogP contribution in [0.15, 0.2) is 59.1 Å². The summed E-state index contributed by atoms with van der Waals surface area (Å²) in [5.74, 6) is -1.26. The van der Waals surface area contributed by atoms with Gasteiger partial charge in [0, 0.05) is 31.9 Å². The number of hydrogen-bond donors (Lipinski definition) is 2. The molecular formula is C21H12BrCl2FN2O2. The number of amides is 2. The highest BCUT2D eigenvalue weighted by atomic mass is 79.9. The van der Waals surface area contributed by atoms with E-state index in [0.717, 1.165) is 0 Å². The zero-order chi connectivity index (χ0) is 20.7. The molecule has 29 heavy (non-hydrogen) atoms. The lowest BCUT2D eigenvalue weighted by Gasteiger charge is -2.18. The Morgan fingerprint density at radius 1 is 1.07 bits per heavy atom. The summed E-state index contributed by atoms with van der Waals surface area (Å²) in [6.45, 7) is 0. The molecule has 146 valence electrons. The van der Waals surface area contributed by atoms with Gasteiger partial charge in [-0.2, -0.15) is 0 Å². The first kappa shape index (κ1) is 19.9. The second-order valence-corrected chi connectivity index (χ2v) is 8.15. The highest BCUT2D eigenvalue weighted by Gasteiger charge is 2.34. The first-order chi connectivity index (χ1) is 13.8. The van der Waals surface area contributed by atoms with E-state index in [1.54, 1.807) is 36.4 Å². The van der Waals surface area contributed by atoms with Crippen LogP contribution in [0.4, 0.5) is 10.1 Å². The lowest BCUT2D eigenvalue weighted by molar-refractivity contribution is 0.0959. The van der Waals surface area contributed by atoms with E-state index >= 15 is 0 Å². The fraction of sp³-hybridized carbons (Fsp3) is 0.0476. The lowest BCUT2D eigenvalue weighted by atomic mass is 9.96. The molecule has 4 rings (SSSR count). The highest BCUT2D eigenvalue weighted by Crippen LogP contribution is 2.41. The molecule has 2 amide bonds. The first-order valence-electron chi connectivity index (χ1n) is 8.50. The Morgan fingerprint density at radius 2 is 1.83 bits per heavy atom. The molecule has 1 atom stereocenters. The maximum atomic E-state index is 13.9. The summed E-state index contributed by atoms with van der Waals surface area (Å²) in [6, 6.07) is 13.2. The second-order valence-electron chi connectivity index (χ2n) is 6.42. The van der Waals surface area contributed by atoms with Crippen molar-refractivity contribution in [2.75, 3.05) is 5.32 Å². The van der Waals surface area contributed by atoms with Gasteiger partial charge in [-0.05, 0) is 42.5 Å². The van der Waals surface area contributed by atoms with Gasteiger partial charge in [0.2, 0.25) is 0 Å². The van der Waals surface area contributed by atoms with Crippen LogP contribution in [-0.4, -0.2) is 11.8 Å². The van der Waals surface area contributed by atoms with Gasteiger partial charge < -0.3 is 10.6 Å². The molecule has 8 heteroatoms. The van der Waals surface area contributed by atoms with Gasteiger partial charge in [-0.3, -0.25) is 9.59 Å². The van der Waals surface area contributed by atoms with Crippen LogP contribution in [0.2, 0.25) is 10.0 Å². The number of benzene rings is 3. The predicted octanol–water partition coefficient (Wildman–Crippen LogP) is 5.98. The van der Waals surface area contributed by atoms with Gasteiger partial charge in [0.1, 0.15) is 5.82 Å². The van der Waals surface area contributed by atoms with Gasteiger partial charge >= 0.3 is 0 Å². The maximum Gasteiger partial charge on any atom is 0.257 e. The summed E-state index contributed by atoms with van der Waals surface area (Å²) in [5, 5.41) is 6.22. The minimum Gasteiger partial charge on any atom is -0.341 e. The van der Waals surface area contributed by atoms with Crippen molar-refractivity contribution in [3.63, 3.8) is 0 Å². The first-order valence-corrected chi connectivity index (χ1v) is 10.0. The van der Waals surface area contributed by atoms with Crippen molar-refractivity contribution in [3.8, 4) is 0 Å². The molecule has 0 bridgehead atoms. The molecule has 1 aliphatic rings. The Morgan fingerprint density at radius 3 is 2.59 bits per heavy atom. The SMILES string of the molecule is O=C(Nc1cc(Br)cc2c1C(c1cc(F)ccc1Cl)NC2=O)c1ccccc1Cl. The molecule has 1 aliphatic heterocycles. The van der Waals surface area contributed by atoms with E-state index in [1.165, 1.54) is 18.2 Å². The summed E-state index contributed by atoms with van der Waals surface area (Å²) in [5.41, 5.74) is 1.95. The Bertz CT molecular complexity index is 1170. The number of fused-ring (bicyclic) bond motifs is 1. The van der Waals surface area contributed by atoms with Crippen LogP contribution in [-0.2, 0) is 0 Å². The zero-order valence-corrected chi connectivity index (χ0v) is 17.7. The Hall–Kier alpha value is -2.41. The summed E-state index contributed by atoms with van der Waals surface area (Å²) in [4.78, 5) is 25.3. The monoisotopic (exact) mass is 492 g/mol. The molecule has 3 aromatic rings. The molecule has 1 unspecified atom stereocenters. The zero-order valence-electron chi connectivity index (χ0n) is 14.6. The van der Waals surface area contributed by atoms with E-state index in [0.29, 0.717) is 42.5 Å². The van der Waals surface area contributed by atoms with E-state index in [2.05, 4.69) is 26.6 Å². The molecule has 0 aromatic heterocycles. The molecule has 4 nitrogen and oxygen atoms in total. The summed E-state index contributed by atoms with van der Waals surface area (Å²) < 4.78 is 14.5. The van der Waals surface area contributed by atoms with Crippen molar-refractivity contribution in [1.29, 1.82) is 0 Å². The van der Waals surface area contributed by atoms with E-state index in [-0.39, 0.29) is 5.91 Å². The lowest BCUT2D eigenvalue weighted by Crippen LogP contribution is -2.21. The van der Waals surface area contributed by atoms with Crippen LogP contribution in [0.5, 0.6) is 0 Å². The number of hydrogen-bond acceptors (Lipinski definition) is 2. The average Bonchev–Trinajstić information content (AvgIpc) is 3.00. The second kappa shape index (κ2) is 7.78. The molecule has 1 heterocycles. The van der Waals surface area contributed by atoms with Crippen LogP contribution < -0.4 is 10.6 Å². The molecule has 0 fully saturated rings. The third kappa shape index (κ3) is 3.75. The summed E-state index contributed by atoms with van der Waals surface area (Å²) in [6.07, 6.45) is 0. The number of carbonyl (C=O) groups is 2. The fourth-order valence-corrected chi connectivity index (χ4v) is 4.21. The third-order valence-electron chi connectivity index (χ3n) is 4.59. The molecule has 0 saturated carbocycles. The summed E-state index contributed by atoms with van der Waals surface area (Å²) >= 11 is 15.8. The number of nitrogens with one attached hydrogen (secondary N) is 2. The number of halogens is 4. The molecule has 0 saturated heterocycles. The van der Waals surface area contributed by atoms with Crippen molar-refractivity contribution < 1.29 is 14.0 Å². The quantitative estimate of drug-likeness (QED) is 0.471. The van der Waals surface area contributed by atoms with Crippen LogP contribution >= 0.6 is 39.1 Å². The Labute approximate surface area is 184 Å². The maximum absolute atomic E-state index is 13.9. The van der Waals surface area contributed by atoms with Crippen LogP contribution in [0.1, 0.15) is 37.9 Å². The smallest absolute Gasteiger partial charge is 0.257 e. The molecule has 2 N–H and O–H groups in total. The van der Waals surface area contributed by atoms with E-state index in [9.17, 15) is 14.0 Å². The van der Waals surface area contributed by atoms with Gasteiger partial charge in [0.05, 0.1) is 16.6 Å². The van der Waals surface area contributed by atoms with Gasteiger partial charge in [0.25, 0.3) is 11.8 Å². The Balaban J connectivity index is 1.82. The minimum absolute atomic E-state index is 0.292. The third-order valence-corrected chi connectivity index (χ3v) is 5.72. The minimum atomic E-state index is -0.713. The van der Waals surface area contributed by atoms with Crippen LogP contribution in [0.3, 0.4) is 0 Å². The van der Waals surface area contributed by atoms with E-state index in [4.69, 9.17) is 23.2 Å². The largest absolute Gasteiger partial charge is 0.341 e. The average molecular weight is 494 g/mol. The van der Waals surface area contributed by atoms with Crippen molar-refractivity contribution >= 4 is 56.6 Å². The van der Waals surface area contributed by atoms with Gasteiger partial charge in [-0.15, -0.1) is 0 Å². The van der Waals surface area contributed by atoms with Crippen molar-refractivity contribution in [1.82, 2.24) is 5.32 Å². The molecule has 3 aromatic carbocycles. The molecule has 0 radical (unpaired) electrons. The van der Waals surface area contributed by atoms with Gasteiger partial charge in [-0.25, -0.2) is 4.39 Å². The van der Waals surface area contributed by atoms with Crippen molar-refractivity contribution in [2.24, 2.45) is 0 Å². The normalized spacial score (nSPS) is 15.0. The van der Waals surface area contributed by atoms with Crippen LogP contribution in [0.25, 0.3) is 0 Å². The number of anilines is 1. The topological polar surface area (TPSA) is 58.2 Å². The highest BCUT2D eigenvalue weighted by molar-refractivity contribution is 9.10. The molecular weight excluding hydrogens is 482 g/mol. The van der Waals surface area contributed by atoms with Crippen molar-refractivity contribution in [3.05, 3.63) is 97.2 Å². The summed E-state index contributed by atoms with van der Waals surface area (Å²) in [7, 11) is 0. The number of carbonyl (C=O) groups excluding carboxylic acids is 2. The van der Waals surface area contributed by atoms with Crippen LogP contribution in [0, 0.1) is 5.82 Å². The van der Waals surface area contributed by atoms with Gasteiger partial charge in [-0.1, -0.05) is 51.3 Å². The molecule has 0 aliphatic carbocycles. The molecule has 0 spiro atoms. The fourth-order valence-electron chi connectivity index (χ4n) is 3.31. The van der Waals surface area contributed by atoms with E-state index in [1.807, 2.05) is 0 Å². The Kier molecular flexibility index (Phi) is 5.34. The standard InChI is InChI=1S/C21H12BrCl2FN2O2/c22-10-7-14-18(17(8-10)26-20(28)12-3-1-2-4-15(12)23)19(27-21(14)29)13-9-11(25)5-6-16(13)24/h1-9,19H,(H,26,28)(H,27,29). The predicted molar refractivity (Wildman–Crippen MR) is 114 cm³/mol. The van der Waals surface area contributed by atoms with Gasteiger partial charge in [0.15, 0.2) is 0 Å². The van der Waals surface area contributed by atoms with E-state index < -0.39 is 17.8 Å². The van der Waals surface area contributed by atoms with Crippen molar-refractivity contribution in [2.45, 2.75) is 6.04 Å². The number of rotatable bonds is 3.